The molecule has 0 aliphatic carbocycles. The van der Waals surface area contributed by atoms with Gasteiger partial charge in [0.05, 0.1) is 0 Å². The van der Waals surface area contributed by atoms with Crippen molar-refractivity contribution in [2.24, 2.45) is 0 Å². The summed E-state index contributed by atoms with van der Waals surface area (Å²) < 4.78 is 14.0. The monoisotopic (exact) mass is 224 g/mol. The Morgan fingerprint density at radius 2 is 1.93 bits per heavy atom. The lowest BCUT2D eigenvalue weighted by Crippen LogP contribution is -2.05. The lowest BCUT2D eigenvalue weighted by molar-refractivity contribution is -0.131. The van der Waals surface area contributed by atoms with Gasteiger partial charge in [0.25, 0.3) is 0 Å². The van der Waals surface area contributed by atoms with E-state index in [2.05, 4.69) is 11.1 Å². The molecule has 6 nitrogen and oxygen atoms in total. The van der Waals surface area contributed by atoms with E-state index in [-0.39, 0.29) is 18.6 Å². The van der Waals surface area contributed by atoms with E-state index in [0.29, 0.717) is 12.8 Å². The summed E-state index contributed by atoms with van der Waals surface area (Å²) in [5.74, 6) is -1.10. The molecule has 0 heterocycles. The summed E-state index contributed by atoms with van der Waals surface area (Å²) in [6, 6.07) is 0. The molecule has 82 valence electrons. The zero-order valence-electron chi connectivity index (χ0n) is 7.55. The van der Waals surface area contributed by atoms with Crippen LogP contribution in [0.5, 0.6) is 0 Å². The van der Waals surface area contributed by atoms with Crippen LogP contribution in [0.25, 0.3) is 0 Å². The Morgan fingerprint density at radius 1 is 1.36 bits per heavy atom. The van der Waals surface area contributed by atoms with Crippen LogP contribution in [0, 0.1) is 0 Å². The van der Waals surface area contributed by atoms with E-state index in [1.165, 1.54) is 0 Å². The zero-order chi connectivity index (χ0) is 11.2. The predicted molar refractivity (Wildman–Crippen MR) is 48.2 cm³/mol. The quantitative estimate of drug-likeness (QED) is 0.341. The fourth-order valence-corrected chi connectivity index (χ4v) is 1.07. The molecule has 7 heteroatoms. The van der Waals surface area contributed by atoms with Crippen LogP contribution >= 0.6 is 7.82 Å². The highest BCUT2D eigenvalue weighted by molar-refractivity contribution is 7.46. The van der Waals surface area contributed by atoms with Gasteiger partial charge < -0.3 is 9.63 Å². The Bertz CT molecular complexity index is 255. The maximum atomic E-state index is 10.9. The molecule has 0 fully saturated rings. The van der Waals surface area contributed by atoms with Crippen molar-refractivity contribution in [2.45, 2.75) is 19.3 Å². The minimum absolute atomic E-state index is 0.000814. The number of phosphoric ester groups is 1. The molecule has 0 spiro atoms. The molecule has 0 aromatic rings. The predicted octanol–water partition coefficient (Wildman–Crippen LogP) is 0.341. The van der Waals surface area contributed by atoms with Gasteiger partial charge in [-0.3, -0.25) is 9.79 Å². The summed E-state index contributed by atoms with van der Waals surface area (Å²) in [6.07, 6.45) is 1.27. The number of hydrogen-bond donors (Lipinski definition) is 3. The smallest absolute Gasteiger partial charge is 0.396 e. The van der Waals surface area contributed by atoms with Crippen LogP contribution in [0.15, 0.2) is 12.2 Å². The van der Waals surface area contributed by atoms with Crippen LogP contribution in [0.3, 0.4) is 0 Å². The Kier molecular flexibility index (Phi) is 5.64. The summed E-state index contributed by atoms with van der Waals surface area (Å²) in [4.78, 5) is 27.5. The van der Waals surface area contributed by atoms with Crippen LogP contribution in [0.1, 0.15) is 19.3 Å². The average Bonchev–Trinajstić information content (AvgIpc) is 2.01. The fourth-order valence-electron chi connectivity index (χ4n) is 0.725. The second kappa shape index (κ2) is 5.93. The summed E-state index contributed by atoms with van der Waals surface area (Å²) in [6.45, 7) is 3.31. The van der Waals surface area contributed by atoms with Crippen molar-refractivity contribution in [3.05, 3.63) is 12.2 Å². The minimum Gasteiger partial charge on any atom is -0.396 e. The van der Waals surface area contributed by atoms with Crippen molar-refractivity contribution >= 4 is 13.8 Å². The van der Waals surface area contributed by atoms with E-state index in [1.54, 1.807) is 0 Å². The van der Waals surface area contributed by atoms with Crippen molar-refractivity contribution < 1.29 is 28.8 Å². The summed E-state index contributed by atoms with van der Waals surface area (Å²) >= 11 is 0. The van der Waals surface area contributed by atoms with Gasteiger partial charge in [0.2, 0.25) is 0 Å². The molecule has 0 unspecified atom stereocenters. The molecule has 0 amide bonds. The normalized spacial score (nSPS) is 11.1. The molecule has 0 aliphatic rings. The molecule has 3 N–H and O–H groups in total. The van der Waals surface area contributed by atoms with E-state index in [4.69, 9.17) is 14.9 Å². The van der Waals surface area contributed by atoms with E-state index < -0.39 is 13.8 Å². The molecule has 0 saturated heterocycles. The van der Waals surface area contributed by atoms with Gasteiger partial charge in [0, 0.05) is 12.2 Å². The summed E-state index contributed by atoms with van der Waals surface area (Å²) in [5.41, 5.74) is -0.0122. The van der Waals surface area contributed by atoms with Gasteiger partial charge in [-0.2, -0.15) is 0 Å². The summed E-state index contributed by atoms with van der Waals surface area (Å²) in [5, 5.41) is 8.43. The molecule has 0 radical (unpaired) electrons. The molecule has 0 atom stereocenters. The third kappa shape index (κ3) is 6.80. The number of aliphatic hydroxyl groups is 1. The fraction of sp³-hybridized carbons (Fsp3) is 0.571. The molecular weight excluding hydrogens is 211 g/mol. The van der Waals surface area contributed by atoms with Gasteiger partial charge in [-0.1, -0.05) is 6.58 Å². The van der Waals surface area contributed by atoms with E-state index in [0.717, 1.165) is 0 Å². The number of phosphoric acid groups is 1. The topological polar surface area (TPSA) is 104 Å². The average molecular weight is 224 g/mol. The van der Waals surface area contributed by atoms with Gasteiger partial charge in [-0.25, -0.2) is 9.36 Å². The first-order valence-corrected chi connectivity index (χ1v) is 5.48. The lowest BCUT2D eigenvalue weighted by Gasteiger charge is -2.06. The second-order valence-corrected chi connectivity index (χ2v) is 3.82. The standard InChI is InChI=1S/C7H13O6P/c1-6(4-2-3-5-8)7(9)13-14(10,11)12/h8H,1-5H2,(H2,10,11,12). The number of hydrogen-bond acceptors (Lipinski definition) is 4. The largest absolute Gasteiger partial charge is 0.527 e. The first-order chi connectivity index (χ1) is 6.37. The van der Waals surface area contributed by atoms with Gasteiger partial charge in [0.15, 0.2) is 0 Å². The number of aliphatic hydroxyl groups excluding tert-OH is 1. The van der Waals surface area contributed by atoms with Crippen molar-refractivity contribution in [1.29, 1.82) is 0 Å². The molecular formula is C7H13O6P. The number of carbonyl (C=O) groups is 1. The second-order valence-electron chi connectivity index (χ2n) is 2.65. The SMILES string of the molecule is C=C(CCCCO)C(=O)OP(=O)(O)O. The van der Waals surface area contributed by atoms with Gasteiger partial charge in [-0.15, -0.1) is 0 Å². The molecule has 0 aromatic heterocycles. The molecule has 0 saturated carbocycles. The highest BCUT2D eigenvalue weighted by Gasteiger charge is 2.21. The van der Waals surface area contributed by atoms with Crippen LogP contribution < -0.4 is 0 Å². The van der Waals surface area contributed by atoms with Crippen molar-refractivity contribution in [1.82, 2.24) is 0 Å². The molecule has 0 aliphatic heterocycles. The Morgan fingerprint density at radius 3 is 2.36 bits per heavy atom. The minimum atomic E-state index is -4.77. The zero-order valence-corrected chi connectivity index (χ0v) is 8.44. The van der Waals surface area contributed by atoms with Gasteiger partial charge >= 0.3 is 13.8 Å². The number of carbonyl (C=O) groups excluding carboxylic acids is 1. The van der Waals surface area contributed by atoms with Gasteiger partial charge in [0.1, 0.15) is 0 Å². The Balaban J connectivity index is 3.89. The highest BCUT2D eigenvalue weighted by Crippen LogP contribution is 2.36. The first kappa shape index (κ1) is 13.3. The maximum Gasteiger partial charge on any atom is 0.527 e. The lowest BCUT2D eigenvalue weighted by atomic mass is 10.1. The van der Waals surface area contributed by atoms with E-state index in [1.807, 2.05) is 0 Å². The molecule has 0 rings (SSSR count). The van der Waals surface area contributed by atoms with Crippen LogP contribution in [-0.2, 0) is 13.9 Å². The number of rotatable bonds is 6. The third-order valence-corrected chi connectivity index (χ3v) is 1.78. The molecule has 14 heavy (non-hydrogen) atoms. The van der Waals surface area contributed by atoms with E-state index >= 15 is 0 Å². The van der Waals surface area contributed by atoms with Crippen molar-refractivity contribution in [3.63, 3.8) is 0 Å². The highest BCUT2D eigenvalue weighted by atomic mass is 31.2. The van der Waals surface area contributed by atoms with Crippen molar-refractivity contribution in [2.75, 3.05) is 6.61 Å². The summed E-state index contributed by atoms with van der Waals surface area (Å²) in [7, 11) is -4.77. The van der Waals surface area contributed by atoms with Crippen LogP contribution in [-0.4, -0.2) is 27.5 Å². The number of unbranched alkanes of at least 4 members (excludes halogenated alkanes) is 1. The van der Waals surface area contributed by atoms with Gasteiger partial charge in [-0.05, 0) is 19.3 Å². The first-order valence-electron chi connectivity index (χ1n) is 3.95. The Hall–Kier alpha value is -0.680. The van der Waals surface area contributed by atoms with Crippen molar-refractivity contribution in [3.8, 4) is 0 Å². The Labute approximate surface area is 81.4 Å². The van der Waals surface area contributed by atoms with Crippen LogP contribution in [0.4, 0.5) is 0 Å². The van der Waals surface area contributed by atoms with E-state index in [9.17, 15) is 9.36 Å². The third-order valence-electron chi connectivity index (χ3n) is 1.38. The molecule has 0 aromatic carbocycles. The molecule has 0 bridgehead atoms. The maximum absolute atomic E-state index is 10.9. The van der Waals surface area contributed by atoms with Crippen LogP contribution in [0.2, 0.25) is 0 Å².